The first kappa shape index (κ1) is 23.2. The van der Waals surface area contributed by atoms with Gasteiger partial charge in [-0.05, 0) is 35.5 Å². The Morgan fingerprint density at radius 1 is 1.17 bits per heavy atom. The maximum atomic E-state index is 14.3. The predicted molar refractivity (Wildman–Crippen MR) is 124 cm³/mol. The molecular weight excluding hydrogens is 459 g/mol. The molecule has 10 nitrogen and oxygen atoms in total. The lowest BCUT2D eigenvalue weighted by Gasteiger charge is -2.26. The number of ether oxygens (including phenoxy) is 3. The summed E-state index contributed by atoms with van der Waals surface area (Å²) in [6.07, 6.45) is 0. The Hall–Kier alpha value is -3.54. The number of nitroso groups, excluding NO2 is 1. The first-order valence-electron chi connectivity index (χ1n) is 11.3. The second kappa shape index (κ2) is 9.98. The van der Waals surface area contributed by atoms with Crippen LogP contribution in [0.2, 0.25) is 0 Å². The van der Waals surface area contributed by atoms with Crippen LogP contribution in [0.1, 0.15) is 21.5 Å². The molecule has 1 saturated heterocycles. The predicted octanol–water partition coefficient (Wildman–Crippen LogP) is 2.86. The van der Waals surface area contributed by atoms with Crippen LogP contribution in [-0.4, -0.2) is 66.7 Å². The van der Waals surface area contributed by atoms with Gasteiger partial charge in [-0.15, -0.1) is 4.91 Å². The van der Waals surface area contributed by atoms with Crippen molar-refractivity contribution in [3.05, 3.63) is 57.7 Å². The SMILES string of the molecule is O=Nc1c(O)n(Cc2cc(F)cc3c2OCOC3)c2cc(C(=O)NCCN3CCOCC3)ccc12. The van der Waals surface area contributed by atoms with E-state index in [9.17, 15) is 19.2 Å². The summed E-state index contributed by atoms with van der Waals surface area (Å²) < 4.78 is 31.8. The summed E-state index contributed by atoms with van der Waals surface area (Å²) in [5.74, 6) is -0.657. The highest BCUT2D eigenvalue weighted by Crippen LogP contribution is 2.40. The van der Waals surface area contributed by atoms with Crippen molar-refractivity contribution >= 4 is 22.5 Å². The smallest absolute Gasteiger partial charge is 0.251 e. The van der Waals surface area contributed by atoms with Crippen molar-refractivity contribution in [3.63, 3.8) is 0 Å². The van der Waals surface area contributed by atoms with Gasteiger partial charge in [-0.3, -0.25) is 9.69 Å². The lowest BCUT2D eigenvalue weighted by molar-refractivity contribution is -0.0173. The molecule has 1 aromatic heterocycles. The van der Waals surface area contributed by atoms with Crippen LogP contribution in [-0.2, 0) is 22.6 Å². The van der Waals surface area contributed by atoms with Gasteiger partial charge in [-0.25, -0.2) is 4.39 Å². The van der Waals surface area contributed by atoms with Gasteiger partial charge in [0.25, 0.3) is 5.91 Å². The van der Waals surface area contributed by atoms with Crippen molar-refractivity contribution in [2.75, 3.05) is 46.2 Å². The molecule has 2 aromatic carbocycles. The monoisotopic (exact) mass is 484 g/mol. The number of hydrogen-bond donors (Lipinski definition) is 2. The quantitative estimate of drug-likeness (QED) is 0.496. The number of nitrogens with zero attached hydrogens (tertiary/aromatic N) is 3. The van der Waals surface area contributed by atoms with E-state index in [-0.39, 0.29) is 37.4 Å². The average molecular weight is 484 g/mol. The number of benzene rings is 2. The van der Waals surface area contributed by atoms with Crippen molar-refractivity contribution in [3.8, 4) is 11.6 Å². The van der Waals surface area contributed by atoms with Crippen LogP contribution in [0.3, 0.4) is 0 Å². The van der Waals surface area contributed by atoms with Gasteiger partial charge in [-0.1, -0.05) is 0 Å². The van der Waals surface area contributed by atoms with Crippen LogP contribution in [0.15, 0.2) is 35.5 Å². The fourth-order valence-corrected chi connectivity index (χ4v) is 4.51. The molecule has 2 N–H and O–H groups in total. The van der Waals surface area contributed by atoms with E-state index < -0.39 is 5.82 Å². The van der Waals surface area contributed by atoms with Gasteiger partial charge in [0.05, 0.1) is 31.9 Å². The number of aromatic nitrogens is 1. The topological polar surface area (TPSA) is 115 Å². The summed E-state index contributed by atoms with van der Waals surface area (Å²) in [5.41, 5.74) is 1.66. The van der Waals surface area contributed by atoms with Crippen LogP contribution < -0.4 is 10.1 Å². The second-order valence-corrected chi connectivity index (χ2v) is 8.46. The molecule has 35 heavy (non-hydrogen) atoms. The van der Waals surface area contributed by atoms with E-state index in [0.29, 0.717) is 59.6 Å². The van der Waals surface area contributed by atoms with Crippen molar-refractivity contribution in [1.29, 1.82) is 0 Å². The first-order valence-corrected chi connectivity index (χ1v) is 11.3. The number of aromatic hydroxyl groups is 1. The molecule has 0 aliphatic carbocycles. The highest BCUT2D eigenvalue weighted by atomic mass is 19.1. The van der Waals surface area contributed by atoms with E-state index in [0.717, 1.165) is 13.1 Å². The van der Waals surface area contributed by atoms with Gasteiger partial charge in [-0.2, -0.15) is 0 Å². The maximum absolute atomic E-state index is 14.3. The first-order chi connectivity index (χ1) is 17.0. The lowest BCUT2D eigenvalue weighted by atomic mass is 10.1. The van der Waals surface area contributed by atoms with E-state index in [1.165, 1.54) is 16.7 Å². The van der Waals surface area contributed by atoms with E-state index >= 15 is 0 Å². The molecule has 3 aromatic rings. The number of rotatable bonds is 7. The molecule has 184 valence electrons. The molecular formula is C24H25FN4O6. The molecule has 1 amide bonds. The zero-order valence-electron chi connectivity index (χ0n) is 19.0. The largest absolute Gasteiger partial charge is 0.493 e. The third-order valence-electron chi connectivity index (χ3n) is 6.26. The Morgan fingerprint density at radius 3 is 2.80 bits per heavy atom. The lowest BCUT2D eigenvalue weighted by Crippen LogP contribution is -2.41. The molecule has 0 atom stereocenters. The van der Waals surface area contributed by atoms with Crippen LogP contribution in [0, 0.1) is 10.7 Å². The van der Waals surface area contributed by atoms with E-state index in [2.05, 4.69) is 15.4 Å². The summed E-state index contributed by atoms with van der Waals surface area (Å²) in [5, 5.41) is 17.0. The Labute approximate surface area is 200 Å². The minimum Gasteiger partial charge on any atom is -0.493 e. The molecule has 1 fully saturated rings. The number of amides is 1. The number of morpholine rings is 1. The van der Waals surface area contributed by atoms with Crippen molar-refractivity contribution in [1.82, 2.24) is 14.8 Å². The number of halogens is 1. The number of nitrogens with one attached hydrogen (secondary N) is 1. The molecule has 0 radical (unpaired) electrons. The van der Waals surface area contributed by atoms with E-state index in [1.807, 2.05) is 0 Å². The van der Waals surface area contributed by atoms with Crippen molar-refractivity contribution in [2.45, 2.75) is 13.2 Å². The van der Waals surface area contributed by atoms with Crippen molar-refractivity contribution in [2.24, 2.45) is 5.18 Å². The number of fused-ring (bicyclic) bond motifs is 2. The molecule has 11 heteroatoms. The van der Waals surface area contributed by atoms with Gasteiger partial charge < -0.3 is 29.2 Å². The number of carbonyl (C=O) groups excluding carboxylic acids is 1. The Kier molecular flexibility index (Phi) is 6.62. The Bertz CT molecular complexity index is 1270. The number of hydrogen-bond acceptors (Lipinski definition) is 8. The minimum atomic E-state index is -0.474. The van der Waals surface area contributed by atoms with E-state index in [1.54, 1.807) is 18.2 Å². The van der Waals surface area contributed by atoms with Crippen LogP contribution in [0.5, 0.6) is 11.6 Å². The fraction of sp³-hybridized carbons (Fsp3) is 0.375. The van der Waals surface area contributed by atoms with Gasteiger partial charge in [0, 0.05) is 48.3 Å². The maximum Gasteiger partial charge on any atom is 0.251 e. The summed E-state index contributed by atoms with van der Waals surface area (Å²) in [6.45, 7) is 4.44. The Balaban J connectivity index is 1.43. The second-order valence-electron chi connectivity index (χ2n) is 8.46. The van der Waals surface area contributed by atoms with Gasteiger partial charge in [0.2, 0.25) is 5.88 Å². The molecule has 0 saturated carbocycles. The summed E-state index contributed by atoms with van der Waals surface area (Å²) in [4.78, 5) is 26.5. The molecule has 5 rings (SSSR count). The average Bonchev–Trinajstić information content (AvgIpc) is 3.14. The van der Waals surface area contributed by atoms with Crippen LogP contribution >= 0.6 is 0 Å². The van der Waals surface area contributed by atoms with Gasteiger partial charge in [0.15, 0.2) is 12.5 Å². The fourth-order valence-electron chi connectivity index (χ4n) is 4.51. The van der Waals surface area contributed by atoms with Gasteiger partial charge in [0.1, 0.15) is 11.6 Å². The van der Waals surface area contributed by atoms with Crippen LogP contribution in [0.25, 0.3) is 10.9 Å². The third-order valence-corrected chi connectivity index (χ3v) is 6.26. The zero-order valence-corrected chi connectivity index (χ0v) is 19.0. The molecule has 2 aliphatic heterocycles. The summed E-state index contributed by atoms with van der Waals surface area (Å²) in [6, 6.07) is 7.39. The summed E-state index contributed by atoms with van der Waals surface area (Å²) in [7, 11) is 0. The molecule has 2 aliphatic rings. The molecule has 0 unspecified atom stereocenters. The normalized spacial score (nSPS) is 16.0. The molecule has 0 bridgehead atoms. The minimum absolute atomic E-state index is 0.0000497. The molecule has 0 spiro atoms. The third kappa shape index (κ3) is 4.70. The zero-order chi connectivity index (χ0) is 24.4. The molecule has 3 heterocycles. The van der Waals surface area contributed by atoms with E-state index in [4.69, 9.17) is 14.2 Å². The standard InChI is InChI=1S/C24H25FN4O6/c25-18-9-16(22-17(10-18)13-34-14-35-22)12-29-20-11-15(1-2-19(20)21(27-32)24(29)31)23(30)26-3-4-28-5-7-33-8-6-28/h1-2,9-11,31H,3-8,12-14H2,(H,26,30). The highest BCUT2D eigenvalue weighted by molar-refractivity contribution is 6.02. The van der Waals surface area contributed by atoms with Crippen molar-refractivity contribution < 1.29 is 28.5 Å². The number of carbonyl (C=O) groups is 1. The summed E-state index contributed by atoms with van der Waals surface area (Å²) >= 11 is 0. The Morgan fingerprint density at radius 2 is 2.00 bits per heavy atom. The van der Waals surface area contributed by atoms with Crippen LogP contribution in [0.4, 0.5) is 10.1 Å². The highest BCUT2D eigenvalue weighted by Gasteiger charge is 2.23. The van der Waals surface area contributed by atoms with Gasteiger partial charge >= 0.3 is 0 Å².